The number of aryl methyl sites for hydroxylation is 1. The predicted octanol–water partition coefficient (Wildman–Crippen LogP) is 2.30. The zero-order valence-corrected chi connectivity index (χ0v) is 14.0. The maximum atomic E-state index is 12.6. The maximum Gasteiger partial charge on any atom is 0.244 e. The molecule has 1 heterocycles. The normalized spacial score (nSPS) is 19.9. The van der Waals surface area contributed by atoms with Crippen molar-refractivity contribution in [3.63, 3.8) is 0 Å². The Morgan fingerprint density at radius 1 is 1.45 bits per heavy atom. The lowest BCUT2D eigenvalue weighted by atomic mass is 10.1. The van der Waals surface area contributed by atoms with Gasteiger partial charge in [-0.2, -0.15) is 4.31 Å². The molecule has 4 nitrogen and oxygen atoms in total. The molecule has 1 atom stereocenters. The summed E-state index contributed by atoms with van der Waals surface area (Å²) in [5.41, 5.74) is 0.786. The largest absolute Gasteiger partial charge is 0.319 e. The second-order valence-electron chi connectivity index (χ2n) is 4.96. The van der Waals surface area contributed by atoms with Crippen LogP contribution in [0.15, 0.2) is 23.1 Å². The summed E-state index contributed by atoms with van der Waals surface area (Å²) in [5.74, 6) is 0.378. The number of nitrogens with one attached hydrogen (secondary N) is 1. The zero-order valence-electron chi connectivity index (χ0n) is 11.6. The van der Waals surface area contributed by atoms with Gasteiger partial charge in [0.2, 0.25) is 10.0 Å². The highest BCUT2D eigenvalue weighted by Gasteiger charge is 2.33. The van der Waals surface area contributed by atoms with Crippen LogP contribution in [-0.4, -0.2) is 39.4 Å². The summed E-state index contributed by atoms with van der Waals surface area (Å²) < 4.78 is 26.7. The zero-order chi connectivity index (χ0) is 14.0. The molecule has 0 radical (unpaired) electrons. The fraction of sp³-hybridized carbons (Fsp3) is 0.538. The van der Waals surface area contributed by atoms with Gasteiger partial charge in [0.05, 0.1) is 5.02 Å². The van der Waals surface area contributed by atoms with E-state index < -0.39 is 10.0 Å². The molecule has 1 aliphatic heterocycles. The third-order valence-corrected chi connectivity index (χ3v) is 6.04. The fourth-order valence-electron chi connectivity index (χ4n) is 2.43. The Kier molecular flexibility index (Phi) is 6.28. The Morgan fingerprint density at radius 3 is 2.80 bits per heavy atom. The molecule has 0 aliphatic carbocycles. The summed E-state index contributed by atoms with van der Waals surface area (Å²) in [6.45, 7) is 3.79. The van der Waals surface area contributed by atoms with Gasteiger partial charge in [0.1, 0.15) is 4.90 Å². The van der Waals surface area contributed by atoms with Crippen molar-refractivity contribution in [2.24, 2.45) is 5.92 Å². The van der Waals surface area contributed by atoms with Crippen LogP contribution in [0.2, 0.25) is 5.02 Å². The van der Waals surface area contributed by atoms with E-state index in [0.29, 0.717) is 24.0 Å². The van der Waals surface area contributed by atoms with E-state index in [4.69, 9.17) is 11.6 Å². The highest BCUT2D eigenvalue weighted by atomic mass is 35.5. The van der Waals surface area contributed by atoms with E-state index in [1.165, 1.54) is 4.31 Å². The highest BCUT2D eigenvalue weighted by molar-refractivity contribution is 7.89. The van der Waals surface area contributed by atoms with E-state index in [-0.39, 0.29) is 17.3 Å². The summed E-state index contributed by atoms with van der Waals surface area (Å²) in [5, 5.41) is 3.43. The van der Waals surface area contributed by atoms with Gasteiger partial charge < -0.3 is 5.32 Å². The summed E-state index contributed by atoms with van der Waals surface area (Å²) in [7, 11) is -1.59. The monoisotopic (exact) mass is 338 g/mol. The third kappa shape index (κ3) is 3.46. The molecule has 1 N–H and O–H groups in total. The van der Waals surface area contributed by atoms with E-state index in [0.717, 1.165) is 18.5 Å². The standard InChI is InChI=1S/C13H19ClN2O2S.ClH/c1-10-4-3-5-12(13(10)14)19(17,18)16-7-6-11(9-16)8-15-2;/h3-5,11,15H,6-9H2,1-2H3;1H. The van der Waals surface area contributed by atoms with Gasteiger partial charge in [-0.3, -0.25) is 0 Å². The minimum Gasteiger partial charge on any atom is -0.319 e. The highest BCUT2D eigenvalue weighted by Crippen LogP contribution is 2.30. The van der Waals surface area contributed by atoms with Gasteiger partial charge in [-0.15, -0.1) is 12.4 Å². The van der Waals surface area contributed by atoms with Crippen LogP contribution in [-0.2, 0) is 10.0 Å². The Bertz CT molecular complexity index is 563. The van der Waals surface area contributed by atoms with Crippen LogP contribution in [0.5, 0.6) is 0 Å². The van der Waals surface area contributed by atoms with E-state index in [1.807, 2.05) is 20.0 Å². The smallest absolute Gasteiger partial charge is 0.244 e. The Hall–Kier alpha value is -0.330. The average Bonchev–Trinajstić information content (AvgIpc) is 2.82. The van der Waals surface area contributed by atoms with Gasteiger partial charge in [0.25, 0.3) is 0 Å². The Morgan fingerprint density at radius 2 is 2.15 bits per heavy atom. The SMILES string of the molecule is CNCC1CCN(S(=O)(=O)c2cccc(C)c2Cl)C1.Cl. The molecule has 0 spiro atoms. The molecular formula is C13H20Cl2N2O2S. The van der Waals surface area contributed by atoms with Crippen LogP contribution in [0.4, 0.5) is 0 Å². The molecule has 1 unspecified atom stereocenters. The number of sulfonamides is 1. The molecule has 1 aromatic rings. The molecule has 1 aliphatic rings. The maximum absolute atomic E-state index is 12.6. The Balaban J connectivity index is 0.00000200. The molecule has 2 rings (SSSR count). The second-order valence-corrected chi connectivity index (χ2v) is 7.25. The van der Waals surface area contributed by atoms with Crippen molar-refractivity contribution < 1.29 is 8.42 Å². The molecular weight excluding hydrogens is 319 g/mol. The molecule has 1 saturated heterocycles. The third-order valence-electron chi connectivity index (χ3n) is 3.52. The lowest BCUT2D eigenvalue weighted by Gasteiger charge is -2.18. The summed E-state index contributed by atoms with van der Waals surface area (Å²) in [4.78, 5) is 0.222. The number of nitrogens with zero attached hydrogens (tertiary/aromatic N) is 1. The van der Waals surface area contributed by atoms with Crippen molar-refractivity contribution >= 4 is 34.0 Å². The van der Waals surface area contributed by atoms with Crippen LogP contribution in [0.1, 0.15) is 12.0 Å². The average molecular weight is 339 g/mol. The first-order valence-corrected chi connectivity index (χ1v) is 8.18. The van der Waals surface area contributed by atoms with Crippen molar-refractivity contribution in [2.45, 2.75) is 18.2 Å². The van der Waals surface area contributed by atoms with Gasteiger partial charge in [0, 0.05) is 13.1 Å². The topological polar surface area (TPSA) is 49.4 Å². The Labute approximate surface area is 132 Å². The first-order valence-electron chi connectivity index (χ1n) is 6.36. The van der Waals surface area contributed by atoms with Gasteiger partial charge in [-0.25, -0.2) is 8.42 Å². The van der Waals surface area contributed by atoms with Crippen molar-refractivity contribution in [1.82, 2.24) is 9.62 Å². The molecule has 0 bridgehead atoms. The molecule has 114 valence electrons. The first kappa shape index (κ1) is 17.7. The van der Waals surface area contributed by atoms with Crippen LogP contribution in [0.3, 0.4) is 0 Å². The van der Waals surface area contributed by atoms with Gasteiger partial charge in [-0.05, 0) is 44.5 Å². The summed E-state index contributed by atoms with van der Waals surface area (Å²) in [6.07, 6.45) is 0.892. The molecule has 20 heavy (non-hydrogen) atoms. The predicted molar refractivity (Wildman–Crippen MR) is 84.2 cm³/mol. The quantitative estimate of drug-likeness (QED) is 0.916. The van der Waals surface area contributed by atoms with Crippen LogP contribution < -0.4 is 5.32 Å². The van der Waals surface area contributed by atoms with E-state index >= 15 is 0 Å². The van der Waals surface area contributed by atoms with Crippen LogP contribution in [0.25, 0.3) is 0 Å². The minimum atomic E-state index is -3.47. The first-order chi connectivity index (χ1) is 8.96. The number of hydrogen-bond acceptors (Lipinski definition) is 3. The minimum absolute atomic E-state index is 0. The van der Waals surface area contributed by atoms with Gasteiger partial charge >= 0.3 is 0 Å². The molecule has 1 fully saturated rings. The van der Waals surface area contributed by atoms with Gasteiger partial charge in [-0.1, -0.05) is 23.7 Å². The van der Waals surface area contributed by atoms with Crippen molar-refractivity contribution in [1.29, 1.82) is 0 Å². The van der Waals surface area contributed by atoms with E-state index in [1.54, 1.807) is 12.1 Å². The fourth-order valence-corrected chi connectivity index (χ4v) is 4.52. The summed E-state index contributed by atoms with van der Waals surface area (Å²) >= 11 is 6.14. The molecule has 1 aromatic carbocycles. The van der Waals surface area contributed by atoms with Crippen molar-refractivity contribution in [2.75, 3.05) is 26.7 Å². The number of hydrogen-bond donors (Lipinski definition) is 1. The van der Waals surface area contributed by atoms with E-state index in [9.17, 15) is 8.42 Å². The second kappa shape index (κ2) is 7.09. The molecule has 0 aromatic heterocycles. The number of rotatable bonds is 4. The van der Waals surface area contributed by atoms with Crippen LogP contribution >= 0.6 is 24.0 Å². The van der Waals surface area contributed by atoms with Crippen molar-refractivity contribution in [3.8, 4) is 0 Å². The van der Waals surface area contributed by atoms with Gasteiger partial charge in [0.15, 0.2) is 0 Å². The molecule has 7 heteroatoms. The molecule has 0 saturated carbocycles. The lowest BCUT2D eigenvalue weighted by Crippen LogP contribution is -2.30. The summed E-state index contributed by atoms with van der Waals surface area (Å²) in [6, 6.07) is 5.13. The van der Waals surface area contributed by atoms with Crippen LogP contribution in [0, 0.1) is 12.8 Å². The van der Waals surface area contributed by atoms with E-state index in [2.05, 4.69) is 5.32 Å². The molecule has 0 amide bonds. The lowest BCUT2D eigenvalue weighted by molar-refractivity contribution is 0.451. The number of benzene rings is 1. The van der Waals surface area contributed by atoms with Crippen molar-refractivity contribution in [3.05, 3.63) is 28.8 Å². The number of halogens is 2.